The molecule has 0 aliphatic carbocycles. The number of aromatic nitrogens is 1. The first kappa shape index (κ1) is 20.4. The third-order valence-corrected chi connectivity index (χ3v) is 5.73. The maximum atomic E-state index is 13.1. The Morgan fingerprint density at radius 3 is 2.53 bits per heavy atom. The number of thioether (sulfide) groups is 1. The molecule has 0 saturated carbocycles. The van der Waals surface area contributed by atoms with E-state index in [1.54, 1.807) is 25.3 Å². The van der Waals surface area contributed by atoms with Crippen molar-refractivity contribution in [3.05, 3.63) is 60.5 Å². The van der Waals surface area contributed by atoms with E-state index in [1.807, 2.05) is 24.3 Å². The smallest absolute Gasteiger partial charge is 0.256 e. The van der Waals surface area contributed by atoms with E-state index < -0.39 is 5.25 Å². The second-order valence-corrected chi connectivity index (χ2v) is 8.18. The van der Waals surface area contributed by atoms with Gasteiger partial charge in [0.2, 0.25) is 5.91 Å². The van der Waals surface area contributed by atoms with Crippen LogP contribution in [0.1, 0.15) is 6.92 Å². The Kier molecular flexibility index (Phi) is 6.35. The fourth-order valence-corrected chi connectivity index (χ4v) is 3.81. The predicted molar refractivity (Wildman–Crippen MR) is 115 cm³/mol. The van der Waals surface area contributed by atoms with Crippen molar-refractivity contribution >= 4 is 29.0 Å². The highest BCUT2D eigenvalue weighted by Crippen LogP contribution is 2.29. The number of nitrogens with zero attached hydrogens (tertiary/aromatic N) is 2. The molecule has 1 N–H and O–H groups in total. The van der Waals surface area contributed by atoms with Crippen molar-refractivity contribution in [1.29, 1.82) is 0 Å². The molecule has 3 aromatic rings. The summed E-state index contributed by atoms with van der Waals surface area (Å²) in [5.74, 6) is 0.0839. The number of ether oxygens (including phenoxy) is 1. The summed E-state index contributed by atoms with van der Waals surface area (Å²) in [6.07, 6.45) is 1.57. The molecule has 156 valence electrons. The van der Waals surface area contributed by atoms with Crippen LogP contribution in [0.2, 0.25) is 0 Å². The van der Waals surface area contributed by atoms with Gasteiger partial charge in [0.05, 0.1) is 24.7 Å². The molecule has 1 saturated heterocycles. The molecule has 1 aliphatic heterocycles. The minimum absolute atomic E-state index is 0.138. The molecule has 2 heterocycles. The number of halogens is 1. The normalized spacial score (nSPS) is 15.1. The highest BCUT2D eigenvalue weighted by Gasteiger charge is 2.18. The van der Waals surface area contributed by atoms with Crippen molar-refractivity contribution in [3.8, 4) is 11.3 Å². The Balaban J connectivity index is 1.33. The average molecular weight is 428 g/mol. The summed E-state index contributed by atoms with van der Waals surface area (Å²) in [5, 5.41) is 2.91. The van der Waals surface area contributed by atoms with Crippen LogP contribution in [-0.2, 0) is 9.53 Å². The number of carbonyl (C=O) groups excluding carboxylic acids is 1. The monoisotopic (exact) mass is 427 g/mol. The zero-order chi connectivity index (χ0) is 20.9. The number of nitrogens with one attached hydrogen (secondary N) is 1. The molecule has 1 amide bonds. The molecule has 1 aromatic heterocycles. The molecular formula is C22H22FN3O3S. The Labute approximate surface area is 178 Å². The Morgan fingerprint density at radius 1 is 1.13 bits per heavy atom. The van der Waals surface area contributed by atoms with Gasteiger partial charge in [0.25, 0.3) is 5.22 Å². The van der Waals surface area contributed by atoms with Crippen LogP contribution < -0.4 is 10.2 Å². The highest BCUT2D eigenvalue weighted by atomic mass is 32.2. The number of carbonyl (C=O) groups is 1. The molecule has 1 atom stereocenters. The molecule has 4 rings (SSSR count). The van der Waals surface area contributed by atoms with E-state index in [1.165, 1.54) is 23.9 Å². The van der Waals surface area contributed by atoms with Crippen molar-refractivity contribution in [2.45, 2.75) is 17.4 Å². The lowest BCUT2D eigenvalue weighted by atomic mass is 10.2. The number of oxazole rings is 1. The van der Waals surface area contributed by atoms with Gasteiger partial charge >= 0.3 is 0 Å². The van der Waals surface area contributed by atoms with Crippen LogP contribution in [0.15, 0.2) is 64.4 Å². The second-order valence-electron chi connectivity index (χ2n) is 6.89. The molecule has 1 fully saturated rings. The van der Waals surface area contributed by atoms with E-state index in [4.69, 9.17) is 9.15 Å². The fraction of sp³-hybridized carbons (Fsp3) is 0.273. The van der Waals surface area contributed by atoms with E-state index in [0.717, 1.165) is 43.2 Å². The molecule has 0 bridgehead atoms. The van der Waals surface area contributed by atoms with Crippen LogP contribution in [0.3, 0.4) is 0 Å². The fourth-order valence-electron chi connectivity index (χ4n) is 3.09. The lowest BCUT2D eigenvalue weighted by Gasteiger charge is -2.28. The van der Waals surface area contributed by atoms with Crippen LogP contribution in [0, 0.1) is 5.82 Å². The molecule has 30 heavy (non-hydrogen) atoms. The van der Waals surface area contributed by atoms with E-state index in [2.05, 4.69) is 15.2 Å². The minimum atomic E-state index is -0.399. The van der Waals surface area contributed by atoms with Crippen LogP contribution in [0.4, 0.5) is 15.8 Å². The highest BCUT2D eigenvalue weighted by molar-refractivity contribution is 8.00. The summed E-state index contributed by atoms with van der Waals surface area (Å²) < 4.78 is 24.1. The van der Waals surface area contributed by atoms with E-state index in [-0.39, 0.29) is 11.7 Å². The number of amides is 1. The second kappa shape index (κ2) is 9.32. The van der Waals surface area contributed by atoms with Gasteiger partial charge in [0.15, 0.2) is 5.76 Å². The molecule has 0 spiro atoms. The average Bonchev–Trinajstić information content (AvgIpc) is 3.24. The van der Waals surface area contributed by atoms with Gasteiger partial charge in [-0.1, -0.05) is 11.8 Å². The van der Waals surface area contributed by atoms with E-state index in [0.29, 0.717) is 11.0 Å². The number of rotatable bonds is 6. The molecule has 8 heteroatoms. The largest absolute Gasteiger partial charge is 0.431 e. The lowest BCUT2D eigenvalue weighted by molar-refractivity contribution is -0.115. The van der Waals surface area contributed by atoms with Gasteiger partial charge in [-0.2, -0.15) is 0 Å². The molecule has 6 nitrogen and oxygen atoms in total. The number of morpholine rings is 1. The number of hydrogen-bond donors (Lipinski definition) is 1. The van der Waals surface area contributed by atoms with Gasteiger partial charge in [0.1, 0.15) is 5.82 Å². The molecule has 2 aromatic carbocycles. The maximum absolute atomic E-state index is 13.1. The summed E-state index contributed by atoms with van der Waals surface area (Å²) >= 11 is 1.23. The van der Waals surface area contributed by atoms with Gasteiger partial charge < -0.3 is 19.4 Å². The summed E-state index contributed by atoms with van der Waals surface area (Å²) in [4.78, 5) is 19.0. The Hall–Kier alpha value is -2.84. The van der Waals surface area contributed by atoms with Crippen LogP contribution in [-0.4, -0.2) is 42.4 Å². The van der Waals surface area contributed by atoms with Crippen molar-refractivity contribution in [2.75, 3.05) is 36.5 Å². The van der Waals surface area contributed by atoms with Gasteiger partial charge in [-0.3, -0.25) is 4.79 Å². The zero-order valence-electron chi connectivity index (χ0n) is 16.5. The molecule has 0 radical (unpaired) electrons. The van der Waals surface area contributed by atoms with Crippen LogP contribution in [0.5, 0.6) is 0 Å². The summed E-state index contributed by atoms with van der Waals surface area (Å²) in [6.45, 7) is 5.00. The number of anilines is 2. The topological polar surface area (TPSA) is 67.6 Å². The SMILES string of the molecule is CC(Sc1ncc(-c2ccc(F)cc2)o1)C(=O)Nc1ccc(N2CCOCC2)cc1. The Bertz CT molecular complexity index is 986. The maximum Gasteiger partial charge on any atom is 0.256 e. The number of hydrogen-bond acceptors (Lipinski definition) is 6. The van der Waals surface area contributed by atoms with Crippen LogP contribution >= 0.6 is 11.8 Å². The molecular weight excluding hydrogens is 405 g/mol. The first-order valence-corrected chi connectivity index (χ1v) is 10.6. The number of benzene rings is 2. The first-order valence-electron chi connectivity index (χ1n) is 9.70. The standard InChI is InChI=1S/C22H22FN3O3S/c1-15(30-22-24-14-20(29-22)16-2-4-17(23)5-3-16)21(27)25-18-6-8-19(9-7-18)26-10-12-28-13-11-26/h2-9,14-15H,10-13H2,1H3,(H,25,27). The third kappa shape index (κ3) is 5.01. The zero-order valence-corrected chi connectivity index (χ0v) is 17.3. The summed E-state index contributed by atoms with van der Waals surface area (Å²) in [7, 11) is 0. The van der Waals surface area contributed by atoms with Crippen molar-refractivity contribution in [2.24, 2.45) is 0 Å². The Morgan fingerprint density at radius 2 is 1.83 bits per heavy atom. The van der Waals surface area contributed by atoms with Gasteiger partial charge in [-0.15, -0.1) is 0 Å². The first-order chi connectivity index (χ1) is 14.6. The minimum Gasteiger partial charge on any atom is -0.431 e. The summed E-state index contributed by atoms with van der Waals surface area (Å²) in [5.41, 5.74) is 2.59. The van der Waals surface area contributed by atoms with Crippen LogP contribution in [0.25, 0.3) is 11.3 Å². The van der Waals surface area contributed by atoms with Crippen molar-refractivity contribution in [1.82, 2.24) is 4.98 Å². The van der Waals surface area contributed by atoms with Gasteiger partial charge in [-0.05, 0) is 55.5 Å². The van der Waals surface area contributed by atoms with E-state index in [9.17, 15) is 9.18 Å². The third-order valence-electron chi connectivity index (χ3n) is 4.77. The van der Waals surface area contributed by atoms with Crippen molar-refractivity contribution < 1.29 is 18.3 Å². The van der Waals surface area contributed by atoms with Crippen molar-refractivity contribution in [3.63, 3.8) is 0 Å². The quantitative estimate of drug-likeness (QED) is 0.587. The summed E-state index contributed by atoms with van der Waals surface area (Å²) in [6, 6.07) is 13.8. The van der Waals surface area contributed by atoms with E-state index >= 15 is 0 Å². The van der Waals surface area contributed by atoms with Gasteiger partial charge in [0, 0.05) is 30.0 Å². The molecule has 1 unspecified atom stereocenters. The predicted octanol–water partition coefficient (Wildman–Crippen LogP) is 4.44. The van der Waals surface area contributed by atoms with Gasteiger partial charge in [-0.25, -0.2) is 9.37 Å². The molecule has 1 aliphatic rings. The lowest BCUT2D eigenvalue weighted by Crippen LogP contribution is -2.36.